The monoisotopic (exact) mass is 369 g/mol. The molecule has 5 nitrogen and oxygen atoms in total. The van der Waals surface area contributed by atoms with E-state index in [0.29, 0.717) is 29.5 Å². The van der Waals surface area contributed by atoms with Crippen molar-refractivity contribution in [1.82, 2.24) is 5.32 Å². The summed E-state index contributed by atoms with van der Waals surface area (Å²) in [6, 6.07) is 5.84. The highest BCUT2D eigenvalue weighted by Crippen LogP contribution is 2.31. The van der Waals surface area contributed by atoms with Gasteiger partial charge in [0.05, 0.1) is 18.5 Å². The second-order valence-corrected chi connectivity index (χ2v) is 6.61. The first-order valence-corrected chi connectivity index (χ1v) is 9.05. The predicted octanol–water partition coefficient (Wildman–Crippen LogP) is 3.57. The van der Waals surface area contributed by atoms with Crippen molar-refractivity contribution < 1.29 is 9.53 Å². The third-order valence-corrected chi connectivity index (χ3v) is 4.46. The fourth-order valence-electron chi connectivity index (χ4n) is 2.72. The molecule has 1 saturated heterocycles. The van der Waals surface area contributed by atoms with Crippen molar-refractivity contribution in [2.75, 3.05) is 37.0 Å². The van der Waals surface area contributed by atoms with Crippen molar-refractivity contribution in [1.29, 1.82) is 0 Å². The van der Waals surface area contributed by atoms with Gasteiger partial charge in [-0.05, 0) is 56.1 Å². The summed E-state index contributed by atoms with van der Waals surface area (Å²) < 4.78 is 4.61. The van der Waals surface area contributed by atoms with E-state index in [1.807, 2.05) is 18.2 Å². The van der Waals surface area contributed by atoms with Gasteiger partial charge in [0.2, 0.25) is 0 Å². The maximum Gasteiger partial charge on any atom is 0.305 e. The molecule has 2 N–H and O–H groups in total. The summed E-state index contributed by atoms with van der Waals surface area (Å²) in [6.07, 6.45) is 4.74. The molecule has 1 fully saturated rings. The van der Waals surface area contributed by atoms with Gasteiger partial charge in [0.1, 0.15) is 0 Å². The number of ether oxygens (including phenoxy) is 1. The Balaban J connectivity index is 1.91. The van der Waals surface area contributed by atoms with Gasteiger partial charge in [-0.15, -0.1) is 0 Å². The van der Waals surface area contributed by atoms with Gasteiger partial charge in [-0.3, -0.25) is 4.79 Å². The number of thiocarbonyl (C=S) groups is 1. The molecule has 1 aromatic carbocycles. The molecule has 0 aliphatic carbocycles. The molecular formula is C17H24ClN3O2S. The lowest BCUT2D eigenvalue weighted by Crippen LogP contribution is -2.33. The fourth-order valence-corrected chi connectivity index (χ4v) is 3.11. The van der Waals surface area contributed by atoms with Gasteiger partial charge in [0, 0.05) is 31.1 Å². The third-order valence-electron chi connectivity index (χ3n) is 3.97. The van der Waals surface area contributed by atoms with Crippen LogP contribution in [0.5, 0.6) is 0 Å². The molecular weight excluding hydrogens is 346 g/mol. The summed E-state index contributed by atoms with van der Waals surface area (Å²) in [5.41, 5.74) is 2.03. The molecule has 1 aliphatic heterocycles. The molecule has 0 spiro atoms. The van der Waals surface area contributed by atoms with Crippen LogP contribution in [-0.4, -0.2) is 37.8 Å². The molecule has 0 atom stereocenters. The minimum Gasteiger partial charge on any atom is -0.469 e. The number of hydrogen-bond donors (Lipinski definition) is 2. The number of nitrogens with zero attached hydrogens (tertiary/aromatic N) is 1. The van der Waals surface area contributed by atoms with E-state index in [1.54, 1.807) is 0 Å². The Bertz CT molecular complexity index is 577. The van der Waals surface area contributed by atoms with E-state index >= 15 is 0 Å². The van der Waals surface area contributed by atoms with Gasteiger partial charge in [0.25, 0.3) is 0 Å². The Hall–Kier alpha value is -1.53. The number of hydrogen-bond acceptors (Lipinski definition) is 4. The van der Waals surface area contributed by atoms with E-state index < -0.39 is 0 Å². The van der Waals surface area contributed by atoms with Crippen LogP contribution in [-0.2, 0) is 9.53 Å². The van der Waals surface area contributed by atoms with Crippen molar-refractivity contribution in [2.45, 2.75) is 32.1 Å². The van der Waals surface area contributed by atoms with Gasteiger partial charge < -0.3 is 20.3 Å². The molecule has 24 heavy (non-hydrogen) atoms. The number of methoxy groups -OCH3 is 1. The van der Waals surface area contributed by atoms with Gasteiger partial charge in [-0.2, -0.15) is 0 Å². The van der Waals surface area contributed by atoms with Crippen LogP contribution in [0.2, 0.25) is 5.02 Å². The predicted molar refractivity (Wildman–Crippen MR) is 103 cm³/mol. The summed E-state index contributed by atoms with van der Waals surface area (Å²) in [6.45, 7) is 2.71. The van der Waals surface area contributed by atoms with E-state index in [0.717, 1.165) is 24.5 Å². The maximum atomic E-state index is 11.1. The van der Waals surface area contributed by atoms with Crippen LogP contribution in [0.1, 0.15) is 32.1 Å². The molecule has 0 unspecified atom stereocenters. The Morgan fingerprint density at radius 2 is 2.08 bits per heavy atom. The summed E-state index contributed by atoms with van der Waals surface area (Å²) in [5.74, 6) is -0.210. The molecule has 0 radical (unpaired) electrons. The standard InChI is InChI=1S/C17H24ClN3O2S/c1-23-16(22)6-5-9-19-17(24)20-14-12-13(18)7-8-15(14)21-10-3-2-4-11-21/h7-8,12H,2-6,9-11H2,1H3,(H2,19,20,24). The number of carbonyl (C=O) groups is 1. The Morgan fingerprint density at radius 3 is 2.79 bits per heavy atom. The largest absolute Gasteiger partial charge is 0.469 e. The highest BCUT2D eigenvalue weighted by atomic mass is 35.5. The molecule has 0 bridgehead atoms. The molecule has 7 heteroatoms. The highest BCUT2D eigenvalue weighted by Gasteiger charge is 2.15. The second-order valence-electron chi connectivity index (χ2n) is 5.77. The van der Waals surface area contributed by atoms with E-state index in [1.165, 1.54) is 26.4 Å². The summed E-state index contributed by atoms with van der Waals surface area (Å²) in [7, 11) is 1.39. The fraction of sp³-hybridized carbons (Fsp3) is 0.529. The molecule has 0 amide bonds. The van der Waals surface area contributed by atoms with Crippen LogP contribution in [0, 0.1) is 0 Å². The van der Waals surface area contributed by atoms with Crippen molar-refractivity contribution >= 4 is 46.3 Å². The van der Waals surface area contributed by atoms with Crippen molar-refractivity contribution in [3.8, 4) is 0 Å². The Kier molecular flexibility index (Phi) is 7.59. The number of carbonyl (C=O) groups excluding carboxylic acids is 1. The Labute approximate surface area is 153 Å². The first-order valence-electron chi connectivity index (χ1n) is 8.26. The van der Waals surface area contributed by atoms with Gasteiger partial charge in [-0.25, -0.2) is 0 Å². The first kappa shape index (κ1) is 18.8. The van der Waals surface area contributed by atoms with E-state index in [9.17, 15) is 4.79 Å². The number of halogens is 1. The quantitative estimate of drug-likeness (QED) is 0.454. The molecule has 2 rings (SSSR count). The van der Waals surface area contributed by atoms with Gasteiger partial charge in [-0.1, -0.05) is 11.6 Å². The lowest BCUT2D eigenvalue weighted by atomic mass is 10.1. The zero-order valence-electron chi connectivity index (χ0n) is 13.9. The molecule has 132 valence electrons. The topological polar surface area (TPSA) is 53.6 Å². The van der Waals surface area contributed by atoms with E-state index in [2.05, 4.69) is 20.3 Å². The zero-order valence-corrected chi connectivity index (χ0v) is 15.5. The van der Waals surface area contributed by atoms with Crippen LogP contribution in [0.4, 0.5) is 11.4 Å². The second kappa shape index (κ2) is 9.69. The number of benzene rings is 1. The normalized spacial score (nSPS) is 14.2. The molecule has 1 aromatic rings. The zero-order chi connectivity index (χ0) is 17.4. The van der Waals surface area contributed by atoms with Gasteiger partial charge >= 0.3 is 5.97 Å². The van der Waals surface area contributed by atoms with Crippen LogP contribution >= 0.6 is 23.8 Å². The van der Waals surface area contributed by atoms with Crippen LogP contribution in [0.25, 0.3) is 0 Å². The van der Waals surface area contributed by atoms with E-state index in [-0.39, 0.29) is 5.97 Å². The summed E-state index contributed by atoms with van der Waals surface area (Å²) >= 11 is 11.5. The smallest absolute Gasteiger partial charge is 0.305 e. The summed E-state index contributed by atoms with van der Waals surface area (Å²) in [4.78, 5) is 13.4. The molecule has 0 saturated carbocycles. The van der Waals surface area contributed by atoms with Crippen LogP contribution in [0.3, 0.4) is 0 Å². The lowest BCUT2D eigenvalue weighted by molar-refractivity contribution is -0.140. The molecule has 1 aliphatic rings. The minimum absolute atomic E-state index is 0.210. The van der Waals surface area contributed by atoms with Crippen molar-refractivity contribution in [2.24, 2.45) is 0 Å². The minimum atomic E-state index is -0.210. The number of anilines is 2. The third kappa shape index (κ3) is 5.83. The highest BCUT2D eigenvalue weighted by molar-refractivity contribution is 7.80. The lowest BCUT2D eigenvalue weighted by Gasteiger charge is -2.31. The number of rotatable bonds is 6. The first-order chi connectivity index (χ1) is 11.6. The van der Waals surface area contributed by atoms with Crippen LogP contribution < -0.4 is 15.5 Å². The van der Waals surface area contributed by atoms with E-state index in [4.69, 9.17) is 23.8 Å². The van der Waals surface area contributed by atoms with Gasteiger partial charge in [0.15, 0.2) is 5.11 Å². The SMILES string of the molecule is COC(=O)CCCNC(=S)Nc1cc(Cl)ccc1N1CCCCC1. The molecule has 0 aromatic heterocycles. The average Bonchev–Trinajstić information content (AvgIpc) is 2.59. The van der Waals surface area contributed by atoms with Crippen molar-refractivity contribution in [3.05, 3.63) is 23.2 Å². The number of nitrogens with one attached hydrogen (secondary N) is 2. The maximum absolute atomic E-state index is 11.1. The average molecular weight is 370 g/mol. The molecule has 1 heterocycles. The number of esters is 1. The summed E-state index contributed by atoms with van der Waals surface area (Å²) in [5, 5.41) is 7.54. The Morgan fingerprint density at radius 1 is 1.33 bits per heavy atom. The van der Waals surface area contributed by atoms with Crippen LogP contribution in [0.15, 0.2) is 18.2 Å². The van der Waals surface area contributed by atoms with Crippen molar-refractivity contribution in [3.63, 3.8) is 0 Å². The number of piperidine rings is 1.